The SMILES string of the molecule is CCCCc1cc(-c2ccc(Oc3ncccn3)cc2)nc(-c2ccc(OCCN(CC)CC)cc2)n1. The molecule has 4 aromatic rings. The standard InChI is InChI=1S/C30H35N5O2/c1-4-7-9-25-22-28(23-10-16-27(17-11-23)37-30-31-18-8-19-32-30)34-29(33-25)24-12-14-26(15-13-24)36-21-20-35(5-2)6-3/h8,10-19,22H,4-7,9,20-21H2,1-3H3. The summed E-state index contributed by atoms with van der Waals surface area (Å²) < 4.78 is 11.7. The van der Waals surface area contributed by atoms with E-state index in [0.29, 0.717) is 18.4 Å². The summed E-state index contributed by atoms with van der Waals surface area (Å²) in [5.74, 6) is 2.25. The van der Waals surface area contributed by atoms with Gasteiger partial charge in [-0.3, -0.25) is 0 Å². The third-order valence-corrected chi connectivity index (χ3v) is 6.15. The first-order chi connectivity index (χ1) is 18.2. The van der Waals surface area contributed by atoms with Crippen LogP contribution in [0.1, 0.15) is 39.3 Å². The van der Waals surface area contributed by atoms with Gasteiger partial charge in [-0.1, -0.05) is 27.2 Å². The van der Waals surface area contributed by atoms with Crippen LogP contribution in [-0.4, -0.2) is 51.1 Å². The minimum atomic E-state index is 0.321. The van der Waals surface area contributed by atoms with Crippen molar-refractivity contribution in [2.75, 3.05) is 26.2 Å². The van der Waals surface area contributed by atoms with Crippen LogP contribution in [0.4, 0.5) is 0 Å². The molecular weight excluding hydrogens is 462 g/mol. The second kappa shape index (κ2) is 13.5. The number of nitrogens with zero attached hydrogens (tertiary/aromatic N) is 5. The zero-order chi connectivity index (χ0) is 25.9. The summed E-state index contributed by atoms with van der Waals surface area (Å²) in [5, 5.41) is 0. The molecule has 0 bridgehead atoms. The number of likely N-dealkylation sites (N-methyl/N-ethyl adjacent to an activating group) is 1. The van der Waals surface area contributed by atoms with Crippen LogP contribution in [0.25, 0.3) is 22.6 Å². The van der Waals surface area contributed by atoms with Crippen molar-refractivity contribution in [3.63, 3.8) is 0 Å². The molecule has 0 radical (unpaired) electrons. The maximum Gasteiger partial charge on any atom is 0.321 e. The monoisotopic (exact) mass is 497 g/mol. The van der Waals surface area contributed by atoms with Crippen molar-refractivity contribution in [2.45, 2.75) is 40.0 Å². The van der Waals surface area contributed by atoms with Crippen LogP contribution >= 0.6 is 0 Å². The van der Waals surface area contributed by atoms with E-state index in [4.69, 9.17) is 19.4 Å². The van der Waals surface area contributed by atoms with Gasteiger partial charge in [0, 0.05) is 35.8 Å². The molecule has 0 aliphatic heterocycles. The van der Waals surface area contributed by atoms with Crippen molar-refractivity contribution >= 4 is 0 Å². The fraction of sp³-hybridized carbons (Fsp3) is 0.333. The Labute approximate surface area is 219 Å². The fourth-order valence-corrected chi connectivity index (χ4v) is 3.93. The smallest absolute Gasteiger partial charge is 0.321 e. The van der Waals surface area contributed by atoms with E-state index < -0.39 is 0 Å². The van der Waals surface area contributed by atoms with E-state index in [-0.39, 0.29) is 0 Å². The van der Waals surface area contributed by atoms with E-state index in [1.807, 2.05) is 48.5 Å². The average molecular weight is 498 g/mol. The first-order valence-corrected chi connectivity index (χ1v) is 13.1. The van der Waals surface area contributed by atoms with Crippen molar-refractivity contribution < 1.29 is 9.47 Å². The second-order valence-electron chi connectivity index (χ2n) is 8.73. The Bertz CT molecular complexity index is 1230. The number of benzene rings is 2. The highest BCUT2D eigenvalue weighted by Gasteiger charge is 2.10. The molecule has 0 aliphatic rings. The minimum Gasteiger partial charge on any atom is -0.492 e. The number of unbranched alkanes of at least 4 members (excludes halogenated alkanes) is 1. The molecule has 0 N–H and O–H groups in total. The third kappa shape index (κ3) is 7.57. The molecule has 0 saturated heterocycles. The van der Waals surface area contributed by atoms with Gasteiger partial charge in [-0.15, -0.1) is 0 Å². The number of hydrogen-bond acceptors (Lipinski definition) is 7. The van der Waals surface area contributed by atoms with E-state index in [9.17, 15) is 0 Å². The van der Waals surface area contributed by atoms with Gasteiger partial charge in [0.2, 0.25) is 0 Å². The molecule has 2 aromatic heterocycles. The van der Waals surface area contributed by atoms with Crippen molar-refractivity contribution in [2.24, 2.45) is 0 Å². The molecule has 37 heavy (non-hydrogen) atoms. The lowest BCUT2D eigenvalue weighted by Gasteiger charge is -2.18. The molecular formula is C30H35N5O2. The molecule has 0 fully saturated rings. The van der Waals surface area contributed by atoms with E-state index in [0.717, 1.165) is 73.0 Å². The molecule has 192 valence electrons. The van der Waals surface area contributed by atoms with Crippen LogP contribution in [0.5, 0.6) is 17.5 Å². The Balaban J connectivity index is 1.52. The molecule has 0 amide bonds. The number of rotatable bonds is 13. The van der Waals surface area contributed by atoms with Gasteiger partial charge >= 0.3 is 6.01 Å². The van der Waals surface area contributed by atoms with Crippen LogP contribution in [0, 0.1) is 0 Å². The molecule has 7 heteroatoms. The van der Waals surface area contributed by atoms with E-state index in [1.165, 1.54) is 0 Å². The molecule has 0 atom stereocenters. The van der Waals surface area contributed by atoms with E-state index in [2.05, 4.69) is 41.7 Å². The average Bonchev–Trinajstić information content (AvgIpc) is 2.95. The number of aryl methyl sites for hydroxylation is 1. The van der Waals surface area contributed by atoms with E-state index in [1.54, 1.807) is 18.5 Å². The first kappa shape index (κ1) is 26.2. The normalized spacial score (nSPS) is 11.0. The summed E-state index contributed by atoms with van der Waals surface area (Å²) in [6.07, 6.45) is 6.42. The van der Waals surface area contributed by atoms with Crippen LogP contribution in [0.2, 0.25) is 0 Å². The van der Waals surface area contributed by atoms with Gasteiger partial charge in [0.1, 0.15) is 18.1 Å². The zero-order valence-corrected chi connectivity index (χ0v) is 21.9. The largest absolute Gasteiger partial charge is 0.492 e. The Morgan fingerprint density at radius 1 is 0.784 bits per heavy atom. The highest BCUT2D eigenvalue weighted by molar-refractivity contribution is 5.65. The summed E-state index contributed by atoms with van der Waals surface area (Å²) >= 11 is 0. The maximum absolute atomic E-state index is 5.95. The molecule has 2 heterocycles. The molecule has 0 saturated carbocycles. The molecule has 0 unspecified atom stereocenters. The fourth-order valence-electron chi connectivity index (χ4n) is 3.93. The highest BCUT2D eigenvalue weighted by atomic mass is 16.5. The maximum atomic E-state index is 5.95. The number of aromatic nitrogens is 4. The summed E-state index contributed by atoms with van der Waals surface area (Å²) in [7, 11) is 0. The molecule has 0 aliphatic carbocycles. The van der Waals surface area contributed by atoms with Crippen LogP contribution < -0.4 is 9.47 Å². The van der Waals surface area contributed by atoms with Crippen molar-refractivity contribution in [1.29, 1.82) is 0 Å². The lowest BCUT2D eigenvalue weighted by molar-refractivity contribution is 0.223. The van der Waals surface area contributed by atoms with Crippen LogP contribution in [0.3, 0.4) is 0 Å². The second-order valence-corrected chi connectivity index (χ2v) is 8.73. The summed E-state index contributed by atoms with van der Waals surface area (Å²) in [4.78, 5) is 20.4. The molecule has 7 nitrogen and oxygen atoms in total. The van der Waals surface area contributed by atoms with Gasteiger partial charge in [-0.2, -0.15) is 0 Å². The van der Waals surface area contributed by atoms with Gasteiger partial charge in [0.25, 0.3) is 0 Å². The lowest BCUT2D eigenvalue weighted by atomic mass is 10.1. The van der Waals surface area contributed by atoms with Gasteiger partial charge < -0.3 is 14.4 Å². The lowest BCUT2D eigenvalue weighted by Crippen LogP contribution is -2.27. The van der Waals surface area contributed by atoms with Crippen molar-refractivity contribution in [3.8, 4) is 40.2 Å². The molecule has 4 rings (SSSR count). The van der Waals surface area contributed by atoms with Gasteiger partial charge in [0.15, 0.2) is 5.82 Å². The predicted molar refractivity (Wildman–Crippen MR) is 147 cm³/mol. The van der Waals surface area contributed by atoms with Crippen LogP contribution in [-0.2, 0) is 6.42 Å². The summed E-state index contributed by atoms with van der Waals surface area (Å²) in [5.41, 5.74) is 3.90. The zero-order valence-electron chi connectivity index (χ0n) is 21.9. The Kier molecular flexibility index (Phi) is 9.54. The van der Waals surface area contributed by atoms with Gasteiger partial charge in [0.05, 0.1) is 5.69 Å². The third-order valence-electron chi connectivity index (χ3n) is 6.15. The van der Waals surface area contributed by atoms with Crippen molar-refractivity contribution in [1.82, 2.24) is 24.8 Å². The van der Waals surface area contributed by atoms with Crippen molar-refractivity contribution in [3.05, 3.63) is 78.8 Å². The predicted octanol–water partition coefficient (Wildman–Crippen LogP) is 6.46. The number of ether oxygens (including phenoxy) is 2. The Morgan fingerprint density at radius 2 is 1.46 bits per heavy atom. The molecule has 2 aromatic carbocycles. The minimum absolute atomic E-state index is 0.321. The Morgan fingerprint density at radius 3 is 2.14 bits per heavy atom. The summed E-state index contributed by atoms with van der Waals surface area (Å²) in [6.45, 7) is 10.2. The van der Waals surface area contributed by atoms with E-state index >= 15 is 0 Å². The van der Waals surface area contributed by atoms with Gasteiger partial charge in [-0.05, 0) is 86.6 Å². The summed E-state index contributed by atoms with van der Waals surface area (Å²) in [6, 6.07) is 20.0. The highest BCUT2D eigenvalue weighted by Crippen LogP contribution is 2.27. The van der Waals surface area contributed by atoms with Gasteiger partial charge in [-0.25, -0.2) is 19.9 Å². The first-order valence-electron chi connectivity index (χ1n) is 13.1. The topological polar surface area (TPSA) is 73.3 Å². The quantitative estimate of drug-likeness (QED) is 0.210. The van der Waals surface area contributed by atoms with Crippen LogP contribution in [0.15, 0.2) is 73.1 Å². The number of hydrogen-bond donors (Lipinski definition) is 0. The Hall–Kier alpha value is -3.84. The molecule has 0 spiro atoms.